The third-order valence-electron chi connectivity index (χ3n) is 6.85. The maximum atomic E-state index is 12.3. The van der Waals surface area contributed by atoms with Crippen LogP contribution in [0.3, 0.4) is 0 Å². The maximum absolute atomic E-state index is 12.3. The number of methoxy groups -OCH3 is 2. The van der Waals surface area contributed by atoms with Gasteiger partial charge in [0.25, 0.3) is 0 Å². The van der Waals surface area contributed by atoms with Gasteiger partial charge in [-0.3, -0.25) is 0 Å². The van der Waals surface area contributed by atoms with Crippen LogP contribution in [-0.4, -0.2) is 49.6 Å². The standard InChI is InChI=1S/C30H34N4O6S2/c1-17-23(27(35)37-3)25(33-29(41)31-17)19-7-11-21(12-8-19)39-15-5-6-16-40-22-13-9-20(10-14-22)26-24(28(36)38-4)18(2)32-30(42)34-26/h7-14,25-26H,5-6,15-16H2,1-4H3,(H2,31,33,41)(H2,32,34,42). The molecular weight excluding hydrogens is 576 g/mol. The first-order valence-electron chi connectivity index (χ1n) is 13.4. The zero-order valence-electron chi connectivity index (χ0n) is 23.9. The lowest BCUT2D eigenvalue weighted by molar-refractivity contribution is -0.137. The number of unbranched alkanes of at least 4 members (excludes halogenated alkanes) is 1. The van der Waals surface area contributed by atoms with E-state index in [1.54, 1.807) is 13.8 Å². The topological polar surface area (TPSA) is 119 Å². The molecule has 0 saturated heterocycles. The van der Waals surface area contributed by atoms with Crippen LogP contribution in [0.25, 0.3) is 0 Å². The van der Waals surface area contributed by atoms with Gasteiger partial charge in [0.2, 0.25) is 0 Å². The molecular formula is C30H34N4O6S2. The minimum atomic E-state index is -0.415. The van der Waals surface area contributed by atoms with Crippen LogP contribution in [0, 0.1) is 0 Å². The van der Waals surface area contributed by atoms with Crippen molar-refractivity contribution in [2.75, 3.05) is 27.4 Å². The molecule has 2 aliphatic heterocycles. The fraction of sp³-hybridized carbons (Fsp3) is 0.333. The van der Waals surface area contributed by atoms with Crippen LogP contribution < -0.4 is 30.7 Å². The summed E-state index contributed by atoms with van der Waals surface area (Å²) in [6.45, 7) is 4.66. The first kappa shape index (κ1) is 30.8. The number of benzene rings is 2. The van der Waals surface area contributed by atoms with E-state index in [0.29, 0.717) is 46.0 Å². The lowest BCUT2D eigenvalue weighted by atomic mass is 9.95. The monoisotopic (exact) mass is 610 g/mol. The molecule has 222 valence electrons. The second kappa shape index (κ2) is 14.1. The van der Waals surface area contributed by atoms with Crippen LogP contribution in [0.15, 0.2) is 71.1 Å². The predicted octanol–water partition coefficient (Wildman–Crippen LogP) is 3.86. The zero-order chi connectivity index (χ0) is 30.2. The van der Waals surface area contributed by atoms with Gasteiger partial charge in [0, 0.05) is 11.4 Å². The van der Waals surface area contributed by atoms with Crippen molar-refractivity contribution in [3.63, 3.8) is 0 Å². The SMILES string of the molecule is COC(=O)C1=C(C)NC(=S)NC1c1ccc(OCCCCOc2ccc(C3NC(=S)NC(C)=C3C(=O)OC)cc2)cc1. The van der Waals surface area contributed by atoms with E-state index in [1.807, 2.05) is 48.5 Å². The second-order valence-corrected chi connectivity index (χ2v) is 10.5. The molecule has 0 spiro atoms. The summed E-state index contributed by atoms with van der Waals surface area (Å²) in [7, 11) is 2.71. The molecule has 12 heteroatoms. The fourth-order valence-electron chi connectivity index (χ4n) is 4.75. The number of carbonyl (C=O) groups is 2. The first-order valence-corrected chi connectivity index (χ1v) is 14.2. The van der Waals surface area contributed by atoms with Crippen molar-refractivity contribution in [2.24, 2.45) is 0 Å². The average molecular weight is 611 g/mol. The molecule has 0 saturated carbocycles. The molecule has 4 rings (SSSR count). The van der Waals surface area contributed by atoms with E-state index in [1.165, 1.54) is 14.2 Å². The number of hydrogen-bond acceptors (Lipinski definition) is 8. The van der Waals surface area contributed by atoms with Gasteiger partial charge in [-0.15, -0.1) is 0 Å². The van der Waals surface area contributed by atoms with Crippen LogP contribution in [0.4, 0.5) is 0 Å². The van der Waals surface area contributed by atoms with E-state index in [-0.39, 0.29) is 0 Å². The van der Waals surface area contributed by atoms with Gasteiger partial charge >= 0.3 is 11.9 Å². The quantitative estimate of drug-likeness (QED) is 0.168. The highest BCUT2D eigenvalue weighted by Gasteiger charge is 2.31. The van der Waals surface area contributed by atoms with Crippen LogP contribution in [0.2, 0.25) is 0 Å². The number of nitrogens with one attached hydrogen (secondary N) is 4. The second-order valence-electron chi connectivity index (χ2n) is 9.67. The van der Waals surface area contributed by atoms with Gasteiger partial charge in [0.15, 0.2) is 10.2 Å². The number of allylic oxidation sites excluding steroid dienone is 2. The number of ether oxygens (including phenoxy) is 4. The van der Waals surface area contributed by atoms with Crippen LogP contribution in [0.5, 0.6) is 11.5 Å². The summed E-state index contributed by atoms with van der Waals surface area (Å²) in [5.74, 6) is 0.631. The number of carbonyl (C=O) groups excluding carboxylic acids is 2. The van der Waals surface area contributed by atoms with Crippen molar-refractivity contribution >= 4 is 46.6 Å². The van der Waals surface area contributed by atoms with Crippen molar-refractivity contribution in [3.05, 3.63) is 82.2 Å². The summed E-state index contributed by atoms with van der Waals surface area (Å²) in [4.78, 5) is 24.7. The summed E-state index contributed by atoms with van der Waals surface area (Å²) < 4.78 is 21.7. The molecule has 0 radical (unpaired) electrons. The van der Waals surface area contributed by atoms with E-state index in [0.717, 1.165) is 35.5 Å². The van der Waals surface area contributed by atoms with E-state index < -0.39 is 24.0 Å². The van der Waals surface area contributed by atoms with Gasteiger partial charge in [0.1, 0.15) is 11.5 Å². The number of hydrogen-bond donors (Lipinski definition) is 4. The molecule has 0 aromatic heterocycles. The maximum Gasteiger partial charge on any atom is 0.337 e. The summed E-state index contributed by atoms with van der Waals surface area (Å²) >= 11 is 10.5. The largest absolute Gasteiger partial charge is 0.494 e. The van der Waals surface area contributed by atoms with Crippen molar-refractivity contribution in [2.45, 2.75) is 38.8 Å². The summed E-state index contributed by atoms with van der Waals surface area (Å²) in [5.41, 5.74) is 4.04. The molecule has 42 heavy (non-hydrogen) atoms. The van der Waals surface area contributed by atoms with E-state index in [2.05, 4.69) is 21.3 Å². The highest BCUT2D eigenvalue weighted by atomic mass is 32.1. The Labute approximate surface area is 255 Å². The average Bonchev–Trinajstić information content (AvgIpc) is 2.98. The Morgan fingerprint density at radius 3 is 1.36 bits per heavy atom. The molecule has 2 aliphatic rings. The summed E-state index contributed by atoms with van der Waals surface area (Å²) in [6, 6.07) is 14.3. The first-order chi connectivity index (χ1) is 20.2. The smallest absolute Gasteiger partial charge is 0.337 e. The molecule has 0 amide bonds. The Morgan fingerprint density at radius 2 is 1.02 bits per heavy atom. The lowest BCUT2D eigenvalue weighted by Gasteiger charge is -2.29. The Kier molecular flexibility index (Phi) is 10.4. The van der Waals surface area contributed by atoms with Gasteiger partial charge < -0.3 is 40.2 Å². The van der Waals surface area contributed by atoms with Crippen LogP contribution in [0.1, 0.15) is 49.9 Å². The molecule has 2 heterocycles. The van der Waals surface area contributed by atoms with Gasteiger partial charge in [-0.05, 0) is 86.5 Å². The highest BCUT2D eigenvalue weighted by molar-refractivity contribution is 7.80. The van der Waals surface area contributed by atoms with E-state index >= 15 is 0 Å². The molecule has 0 fully saturated rings. The lowest BCUT2D eigenvalue weighted by Crippen LogP contribution is -2.45. The van der Waals surface area contributed by atoms with Crippen molar-refractivity contribution in [1.82, 2.24) is 21.3 Å². The van der Waals surface area contributed by atoms with Crippen molar-refractivity contribution in [3.8, 4) is 11.5 Å². The normalized spacial score (nSPS) is 18.3. The van der Waals surface area contributed by atoms with Gasteiger partial charge in [-0.1, -0.05) is 24.3 Å². The molecule has 2 atom stereocenters. The Morgan fingerprint density at radius 1 is 0.667 bits per heavy atom. The molecule has 4 N–H and O–H groups in total. The number of rotatable bonds is 11. The van der Waals surface area contributed by atoms with Crippen LogP contribution in [-0.2, 0) is 19.1 Å². The molecule has 0 bridgehead atoms. The molecule has 2 unspecified atom stereocenters. The summed E-state index contributed by atoms with van der Waals surface area (Å²) in [5, 5.41) is 13.1. The Hall–Kier alpha value is -4.16. The Balaban J connectivity index is 1.23. The van der Waals surface area contributed by atoms with E-state index in [9.17, 15) is 9.59 Å². The number of thiocarbonyl (C=S) groups is 2. The molecule has 2 aromatic rings. The van der Waals surface area contributed by atoms with Gasteiger partial charge in [0.05, 0.1) is 50.7 Å². The third-order valence-corrected chi connectivity index (χ3v) is 7.29. The van der Waals surface area contributed by atoms with Gasteiger partial charge in [-0.2, -0.15) is 0 Å². The molecule has 0 aliphatic carbocycles. The zero-order valence-corrected chi connectivity index (χ0v) is 25.5. The minimum absolute atomic E-state index is 0.407. The molecule has 10 nitrogen and oxygen atoms in total. The van der Waals surface area contributed by atoms with Gasteiger partial charge in [-0.25, -0.2) is 9.59 Å². The minimum Gasteiger partial charge on any atom is -0.494 e. The number of esters is 2. The van der Waals surface area contributed by atoms with E-state index in [4.69, 9.17) is 43.4 Å². The summed E-state index contributed by atoms with van der Waals surface area (Å²) in [6.07, 6.45) is 1.61. The van der Waals surface area contributed by atoms with Crippen molar-refractivity contribution < 1.29 is 28.5 Å². The third kappa shape index (κ3) is 7.37. The van der Waals surface area contributed by atoms with Crippen LogP contribution >= 0.6 is 24.4 Å². The molecule has 2 aromatic carbocycles. The van der Waals surface area contributed by atoms with Crippen molar-refractivity contribution in [1.29, 1.82) is 0 Å². The Bertz CT molecular complexity index is 1300. The fourth-order valence-corrected chi connectivity index (χ4v) is 5.29. The highest BCUT2D eigenvalue weighted by Crippen LogP contribution is 2.30. The predicted molar refractivity (Wildman–Crippen MR) is 166 cm³/mol.